The van der Waals surface area contributed by atoms with Gasteiger partial charge in [-0.25, -0.2) is 0 Å². The van der Waals surface area contributed by atoms with Crippen molar-refractivity contribution in [3.05, 3.63) is 24.3 Å². The Bertz CT molecular complexity index is 500. The maximum Gasteiger partial charge on any atom is 0.234 e. The van der Waals surface area contributed by atoms with Crippen LogP contribution in [0.5, 0.6) is 0 Å². The third kappa shape index (κ3) is 4.97. The molecule has 0 aromatic heterocycles. The van der Waals surface area contributed by atoms with E-state index in [0.29, 0.717) is 17.8 Å². The number of carbonyl (C=O) groups excluding carboxylic acids is 2. The predicted octanol–water partition coefficient (Wildman–Crippen LogP) is 2.29. The summed E-state index contributed by atoms with van der Waals surface area (Å²) in [6.45, 7) is 3.41. The monoisotopic (exact) mass is 293 g/mol. The van der Waals surface area contributed by atoms with Crippen molar-refractivity contribution in [1.29, 1.82) is 0 Å². The fraction of sp³-hybridized carbons (Fsp3) is 0.357. The van der Waals surface area contributed by atoms with Gasteiger partial charge in [-0.05, 0) is 30.7 Å². The van der Waals surface area contributed by atoms with Crippen LogP contribution in [0.4, 0.5) is 11.4 Å². The average Bonchev–Trinajstić information content (AvgIpc) is 2.37. The second-order valence-corrected chi connectivity index (χ2v) is 4.96. The van der Waals surface area contributed by atoms with Crippen molar-refractivity contribution in [3.63, 3.8) is 0 Å². The van der Waals surface area contributed by atoms with Crippen molar-refractivity contribution in [2.75, 3.05) is 10.6 Å². The number of benzene rings is 1. The lowest BCUT2D eigenvalue weighted by atomic mass is 10.0. The van der Waals surface area contributed by atoms with E-state index < -0.39 is 5.92 Å². The van der Waals surface area contributed by atoms with Crippen LogP contribution in [0.3, 0.4) is 0 Å². The minimum absolute atomic E-state index is 0.140. The van der Waals surface area contributed by atoms with E-state index in [1.54, 1.807) is 24.3 Å². The molecule has 108 valence electrons. The van der Waals surface area contributed by atoms with E-state index in [-0.39, 0.29) is 16.8 Å². The van der Waals surface area contributed by atoms with Crippen molar-refractivity contribution >= 4 is 40.4 Å². The third-order valence-corrected chi connectivity index (χ3v) is 2.99. The summed E-state index contributed by atoms with van der Waals surface area (Å²) >= 11 is 4.91. The van der Waals surface area contributed by atoms with Gasteiger partial charge in [0.15, 0.2) is 0 Å². The van der Waals surface area contributed by atoms with Crippen molar-refractivity contribution < 1.29 is 9.59 Å². The molecule has 1 atom stereocenters. The zero-order chi connectivity index (χ0) is 15.1. The molecule has 0 heterocycles. The molecule has 1 aromatic rings. The summed E-state index contributed by atoms with van der Waals surface area (Å²) in [6.07, 6.45) is 1.46. The lowest BCUT2D eigenvalue weighted by molar-refractivity contribution is -0.118. The molecule has 20 heavy (non-hydrogen) atoms. The average molecular weight is 293 g/mol. The summed E-state index contributed by atoms with van der Waals surface area (Å²) in [6, 6.07) is 6.86. The summed E-state index contributed by atoms with van der Waals surface area (Å²) in [5, 5.41) is 5.42. The Morgan fingerprint density at radius 2 is 1.70 bits per heavy atom. The molecule has 2 amide bonds. The number of nitrogens with two attached hydrogens (primary N) is 1. The summed E-state index contributed by atoms with van der Waals surface area (Å²) in [5.74, 6) is -0.796. The Morgan fingerprint density at radius 3 is 2.10 bits per heavy atom. The number of nitrogens with one attached hydrogen (secondary N) is 2. The summed E-state index contributed by atoms with van der Waals surface area (Å²) < 4.78 is 0. The molecule has 1 rings (SSSR count). The Kier molecular flexibility index (Phi) is 6.11. The van der Waals surface area contributed by atoms with Gasteiger partial charge in [0.05, 0.1) is 10.9 Å². The highest BCUT2D eigenvalue weighted by Crippen LogP contribution is 2.16. The number of hydrogen-bond acceptors (Lipinski definition) is 3. The topological polar surface area (TPSA) is 84.2 Å². The first-order chi connectivity index (χ1) is 9.43. The quantitative estimate of drug-likeness (QED) is 0.703. The molecule has 0 saturated carbocycles. The number of thiocarbonyl (C=S) groups is 1. The molecule has 1 unspecified atom stereocenters. The SMILES string of the molecule is CCCC(C(=O)Nc1ccc(NC(C)=O)cc1)C(N)=S. The van der Waals surface area contributed by atoms with Gasteiger partial charge < -0.3 is 16.4 Å². The molecular weight excluding hydrogens is 274 g/mol. The van der Waals surface area contributed by atoms with Crippen LogP contribution in [-0.4, -0.2) is 16.8 Å². The lowest BCUT2D eigenvalue weighted by Crippen LogP contribution is -2.33. The van der Waals surface area contributed by atoms with E-state index >= 15 is 0 Å². The molecule has 1 aromatic carbocycles. The Balaban J connectivity index is 2.70. The molecule has 0 fully saturated rings. The van der Waals surface area contributed by atoms with Crippen molar-refractivity contribution in [2.24, 2.45) is 11.7 Å². The van der Waals surface area contributed by atoms with Gasteiger partial charge in [-0.15, -0.1) is 0 Å². The van der Waals surface area contributed by atoms with Crippen LogP contribution in [0, 0.1) is 5.92 Å². The molecule has 0 spiro atoms. The van der Waals surface area contributed by atoms with E-state index in [9.17, 15) is 9.59 Å². The molecule has 0 saturated heterocycles. The molecule has 0 aliphatic heterocycles. The van der Waals surface area contributed by atoms with Crippen LogP contribution in [0.2, 0.25) is 0 Å². The number of anilines is 2. The van der Waals surface area contributed by atoms with Gasteiger partial charge in [-0.2, -0.15) is 0 Å². The van der Waals surface area contributed by atoms with Crippen molar-refractivity contribution in [3.8, 4) is 0 Å². The van der Waals surface area contributed by atoms with Crippen LogP contribution in [0.25, 0.3) is 0 Å². The minimum atomic E-state index is -0.454. The van der Waals surface area contributed by atoms with Gasteiger partial charge >= 0.3 is 0 Å². The smallest absolute Gasteiger partial charge is 0.234 e. The first-order valence-corrected chi connectivity index (χ1v) is 6.82. The van der Waals surface area contributed by atoms with Crippen LogP contribution < -0.4 is 16.4 Å². The molecule has 4 N–H and O–H groups in total. The van der Waals surface area contributed by atoms with Gasteiger partial charge in [-0.3, -0.25) is 9.59 Å². The van der Waals surface area contributed by atoms with Crippen molar-refractivity contribution in [2.45, 2.75) is 26.7 Å². The fourth-order valence-electron chi connectivity index (χ4n) is 1.76. The van der Waals surface area contributed by atoms with Crippen LogP contribution in [-0.2, 0) is 9.59 Å². The van der Waals surface area contributed by atoms with Gasteiger partial charge in [0.2, 0.25) is 11.8 Å². The summed E-state index contributed by atoms with van der Waals surface area (Å²) in [5.41, 5.74) is 6.90. The predicted molar refractivity (Wildman–Crippen MR) is 84.6 cm³/mol. The summed E-state index contributed by atoms with van der Waals surface area (Å²) in [7, 11) is 0. The second-order valence-electron chi connectivity index (χ2n) is 4.49. The second kappa shape index (κ2) is 7.59. The molecule has 0 aliphatic carbocycles. The van der Waals surface area contributed by atoms with E-state index in [0.717, 1.165) is 6.42 Å². The maximum atomic E-state index is 12.1. The molecular formula is C14H19N3O2S. The molecule has 6 heteroatoms. The number of amides is 2. The Hall–Kier alpha value is -1.95. The third-order valence-electron chi connectivity index (χ3n) is 2.71. The minimum Gasteiger partial charge on any atom is -0.393 e. The zero-order valence-electron chi connectivity index (χ0n) is 11.6. The fourth-order valence-corrected chi connectivity index (χ4v) is 1.99. The van der Waals surface area contributed by atoms with Gasteiger partial charge in [0.25, 0.3) is 0 Å². The highest BCUT2D eigenvalue weighted by Gasteiger charge is 2.20. The lowest BCUT2D eigenvalue weighted by Gasteiger charge is -2.14. The maximum absolute atomic E-state index is 12.1. The van der Waals surface area contributed by atoms with Gasteiger partial charge in [0, 0.05) is 18.3 Å². The first-order valence-electron chi connectivity index (χ1n) is 6.42. The molecule has 0 radical (unpaired) electrons. The van der Waals surface area contributed by atoms with E-state index in [4.69, 9.17) is 18.0 Å². The summed E-state index contributed by atoms with van der Waals surface area (Å²) in [4.78, 5) is 23.2. The standard InChI is InChI=1S/C14H19N3O2S/c1-3-4-12(13(15)20)14(19)17-11-7-5-10(6-8-11)16-9(2)18/h5-8,12H,3-4H2,1-2H3,(H2,15,20)(H,16,18)(H,17,19). The first kappa shape index (κ1) is 16.1. The van der Waals surface area contributed by atoms with Crippen LogP contribution in [0.15, 0.2) is 24.3 Å². The van der Waals surface area contributed by atoms with Crippen LogP contribution >= 0.6 is 12.2 Å². The molecule has 0 aliphatic rings. The Labute approximate surface area is 123 Å². The number of carbonyl (C=O) groups is 2. The highest BCUT2D eigenvalue weighted by molar-refractivity contribution is 7.80. The van der Waals surface area contributed by atoms with Crippen LogP contribution in [0.1, 0.15) is 26.7 Å². The van der Waals surface area contributed by atoms with Gasteiger partial charge in [-0.1, -0.05) is 25.6 Å². The van der Waals surface area contributed by atoms with E-state index in [1.165, 1.54) is 6.92 Å². The van der Waals surface area contributed by atoms with Crippen molar-refractivity contribution in [1.82, 2.24) is 0 Å². The normalized spacial score (nSPS) is 11.5. The number of rotatable bonds is 6. The molecule has 0 bridgehead atoms. The Morgan fingerprint density at radius 1 is 1.20 bits per heavy atom. The van der Waals surface area contributed by atoms with E-state index in [1.807, 2.05) is 6.92 Å². The zero-order valence-corrected chi connectivity index (χ0v) is 12.4. The van der Waals surface area contributed by atoms with E-state index in [2.05, 4.69) is 10.6 Å². The van der Waals surface area contributed by atoms with Gasteiger partial charge in [0.1, 0.15) is 0 Å². The highest BCUT2D eigenvalue weighted by atomic mass is 32.1. The molecule has 5 nitrogen and oxygen atoms in total. The number of hydrogen-bond donors (Lipinski definition) is 3. The largest absolute Gasteiger partial charge is 0.393 e.